The highest BCUT2D eigenvalue weighted by molar-refractivity contribution is 5.78. The Morgan fingerprint density at radius 3 is 2.87 bits per heavy atom. The van der Waals surface area contributed by atoms with Crippen molar-refractivity contribution in [2.45, 2.75) is 13.3 Å². The van der Waals surface area contributed by atoms with E-state index >= 15 is 0 Å². The summed E-state index contributed by atoms with van der Waals surface area (Å²) in [5.74, 6) is 0.936. The summed E-state index contributed by atoms with van der Waals surface area (Å²) in [6.07, 6.45) is 0.818. The van der Waals surface area contributed by atoms with E-state index < -0.39 is 4.92 Å². The predicted molar refractivity (Wildman–Crippen MR) is 56.7 cm³/mol. The third-order valence-corrected chi connectivity index (χ3v) is 2.48. The van der Waals surface area contributed by atoms with E-state index in [1.54, 1.807) is 6.07 Å². The summed E-state index contributed by atoms with van der Waals surface area (Å²) in [5, 5.41) is 10.6. The highest BCUT2D eigenvalue weighted by Gasteiger charge is 2.11. The molecule has 0 fully saturated rings. The molecule has 0 aliphatic carbocycles. The first-order chi connectivity index (χ1) is 7.13. The van der Waals surface area contributed by atoms with Crippen LogP contribution >= 0.6 is 0 Å². The van der Waals surface area contributed by atoms with Crippen molar-refractivity contribution in [3.8, 4) is 0 Å². The molecule has 0 aliphatic heterocycles. The monoisotopic (exact) mass is 205 g/mol. The maximum atomic E-state index is 10.6. The first-order valence-corrected chi connectivity index (χ1v) is 4.73. The minimum absolute atomic E-state index is 0.0863. The van der Waals surface area contributed by atoms with E-state index in [1.165, 1.54) is 12.1 Å². The Hall–Kier alpha value is -1.91. The summed E-state index contributed by atoms with van der Waals surface area (Å²) in [5.41, 5.74) is 1.70. The number of imidazole rings is 1. The number of rotatable bonds is 2. The van der Waals surface area contributed by atoms with Crippen molar-refractivity contribution in [1.29, 1.82) is 0 Å². The largest absolute Gasteiger partial charge is 0.331 e. The summed E-state index contributed by atoms with van der Waals surface area (Å²) in [6, 6.07) is 4.75. The average molecular weight is 205 g/mol. The molecule has 1 heterocycles. The van der Waals surface area contributed by atoms with Crippen molar-refractivity contribution < 1.29 is 4.92 Å². The van der Waals surface area contributed by atoms with Gasteiger partial charge in [-0.3, -0.25) is 10.1 Å². The van der Waals surface area contributed by atoms with Gasteiger partial charge in [0.05, 0.1) is 16.0 Å². The van der Waals surface area contributed by atoms with Crippen LogP contribution in [0.25, 0.3) is 11.0 Å². The van der Waals surface area contributed by atoms with Crippen LogP contribution < -0.4 is 0 Å². The summed E-state index contributed by atoms with van der Waals surface area (Å²) < 4.78 is 1.96. The third kappa shape index (κ3) is 1.45. The first kappa shape index (κ1) is 9.64. The van der Waals surface area contributed by atoms with Gasteiger partial charge in [-0.05, 0) is 6.07 Å². The molecule has 1 aromatic heterocycles. The van der Waals surface area contributed by atoms with Gasteiger partial charge in [0.15, 0.2) is 0 Å². The molecular weight excluding hydrogens is 194 g/mol. The molecule has 2 rings (SSSR count). The van der Waals surface area contributed by atoms with Crippen molar-refractivity contribution in [2.75, 3.05) is 0 Å². The molecule has 0 radical (unpaired) electrons. The lowest BCUT2D eigenvalue weighted by molar-refractivity contribution is -0.384. The Kier molecular flexibility index (Phi) is 2.15. The number of aromatic nitrogens is 2. The fraction of sp³-hybridized carbons (Fsp3) is 0.300. The van der Waals surface area contributed by atoms with Gasteiger partial charge in [-0.1, -0.05) is 6.92 Å². The van der Waals surface area contributed by atoms with Crippen LogP contribution in [0.2, 0.25) is 0 Å². The van der Waals surface area contributed by atoms with Crippen molar-refractivity contribution in [2.24, 2.45) is 7.05 Å². The van der Waals surface area contributed by atoms with Gasteiger partial charge in [0.2, 0.25) is 0 Å². The van der Waals surface area contributed by atoms with Crippen molar-refractivity contribution >= 4 is 16.7 Å². The van der Waals surface area contributed by atoms with Crippen molar-refractivity contribution in [1.82, 2.24) is 9.55 Å². The van der Waals surface area contributed by atoms with E-state index in [1.807, 2.05) is 18.5 Å². The molecule has 0 bridgehead atoms. The third-order valence-electron chi connectivity index (χ3n) is 2.48. The normalized spacial score (nSPS) is 10.8. The molecule has 0 atom stereocenters. The van der Waals surface area contributed by atoms with E-state index in [-0.39, 0.29) is 5.69 Å². The topological polar surface area (TPSA) is 61.0 Å². The molecule has 0 unspecified atom stereocenters. The Bertz CT molecular complexity index is 531. The van der Waals surface area contributed by atoms with Crippen LogP contribution in [0.1, 0.15) is 12.7 Å². The number of hydrogen-bond acceptors (Lipinski definition) is 3. The van der Waals surface area contributed by atoms with Gasteiger partial charge in [-0.25, -0.2) is 4.98 Å². The lowest BCUT2D eigenvalue weighted by Crippen LogP contribution is -1.94. The van der Waals surface area contributed by atoms with E-state index in [0.29, 0.717) is 5.52 Å². The van der Waals surface area contributed by atoms with Crippen LogP contribution in [-0.4, -0.2) is 14.5 Å². The lowest BCUT2D eigenvalue weighted by Gasteiger charge is -1.97. The second-order valence-electron chi connectivity index (χ2n) is 3.37. The fourth-order valence-corrected chi connectivity index (χ4v) is 1.67. The second-order valence-corrected chi connectivity index (χ2v) is 3.37. The summed E-state index contributed by atoms with van der Waals surface area (Å²) in [6.45, 7) is 2.01. The summed E-state index contributed by atoms with van der Waals surface area (Å²) in [7, 11) is 1.92. The van der Waals surface area contributed by atoms with Gasteiger partial charge in [-0.2, -0.15) is 0 Å². The number of fused-ring (bicyclic) bond motifs is 1. The first-order valence-electron chi connectivity index (χ1n) is 4.73. The van der Waals surface area contributed by atoms with Crippen LogP contribution in [-0.2, 0) is 13.5 Å². The molecule has 2 aromatic rings. The zero-order valence-electron chi connectivity index (χ0n) is 8.60. The van der Waals surface area contributed by atoms with E-state index in [2.05, 4.69) is 4.98 Å². The zero-order valence-corrected chi connectivity index (χ0v) is 8.60. The fourth-order valence-electron chi connectivity index (χ4n) is 1.67. The maximum absolute atomic E-state index is 10.6. The summed E-state index contributed by atoms with van der Waals surface area (Å²) >= 11 is 0. The number of aryl methyl sites for hydroxylation is 2. The number of benzene rings is 1. The molecule has 78 valence electrons. The predicted octanol–water partition coefficient (Wildman–Crippen LogP) is 2.04. The molecular formula is C10H11N3O2. The molecule has 0 saturated carbocycles. The molecule has 5 nitrogen and oxygen atoms in total. The van der Waals surface area contributed by atoms with Crippen LogP contribution in [0.15, 0.2) is 18.2 Å². The second kappa shape index (κ2) is 3.34. The summed E-state index contributed by atoms with van der Waals surface area (Å²) in [4.78, 5) is 14.5. The van der Waals surface area contributed by atoms with Crippen LogP contribution in [0.5, 0.6) is 0 Å². The SMILES string of the molecule is CCc1nc2cc([N+](=O)[O-])ccc2n1C. The van der Waals surface area contributed by atoms with Crippen LogP contribution in [0, 0.1) is 10.1 Å². The Morgan fingerprint density at radius 2 is 2.27 bits per heavy atom. The van der Waals surface area contributed by atoms with E-state index in [0.717, 1.165) is 17.8 Å². The highest BCUT2D eigenvalue weighted by atomic mass is 16.6. The Balaban J connectivity index is 2.68. The number of nitro benzene ring substituents is 1. The molecule has 0 amide bonds. The Labute approximate surface area is 86.5 Å². The molecule has 15 heavy (non-hydrogen) atoms. The van der Waals surface area contributed by atoms with Gasteiger partial charge in [-0.15, -0.1) is 0 Å². The van der Waals surface area contributed by atoms with Gasteiger partial charge in [0.1, 0.15) is 5.82 Å². The molecule has 0 aliphatic rings. The smallest absolute Gasteiger partial charge is 0.271 e. The van der Waals surface area contributed by atoms with E-state index in [4.69, 9.17) is 0 Å². The van der Waals surface area contributed by atoms with Gasteiger partial charge in [0, 0.05) is 25.6 Å². The van der Waals surface area contributed by atoms with Gasteiger partial charge < -0.3 is 4.57 Å². The molecule has 1 aromatic carbocycles. The number of hydrogen-bond donors (Lipinski definition) is 0. The standard InChI is InChI=1S/C10H11N3O2/c1-3-10-11-8-6-7(13(14)15)4-5-9(8)12(10)2/h4-6H,3H2,1-2H3. The molecule has 5 heteroatoms. The highest BCUT2D eigenvalue weighted by Crippen LogP contribution is 2.20. The average Bonchev–Trinajstić information content (AvgIpc) is 2.55. The van der Waals surface area contributed by atoms with Crippen LogP contribution in [0.3, 0.4) is 0 Å². The maximum Gasteiger partial charge on any atom is 0.271 e. The minimum atomic E-state index is -0.403. The molecule has 0 N–H and O–H groups in total. The zero-order chi connectivity index (χ0) is 11.0. The van der Waals surface area contributed by atoms with Gasteiger partial charge >= 0.3 is 0 Å². The molecule has 0 spiro atoms. The van der Waals surface area contributed by atoms with Crippen molar-refractivity contribution in [3.63, 3.8) is 0 Å². The van der Waals surface area contributed by atoms with E-state index in [9.17, 15) is 10.1 Å². The van der Waals surface area contributed by atoms with Gasteiger partial charge in [0.25, 0.3) is 5.69 Å². The number of non-ortho nitro benzene ring substituents is 1. The molecule has 0 saturated heterocycles. The lowest BCUT2D eigenvalue weighted by atomic mass is 10.3. The quantitative estimate of drug-likeness (QED) is 0.556. The minimum Gasteiger partial charge on any atom is -0.331 e. The number of nitrogens with zero attached hydrogens (tertiary/aromatic N) is 3. The Morgan fingerprint density at radius 1 is 1.53 bits per heavy atom. The number of nitro groups is 1. The van der Waals surface area contributed by atoms with Crippen LogP contribution in [0.4, 0.5) is 5.69 Å². The van der Waals surface area contributed by atoms with Crippen molar-refractivity contribution in [3.05, 3.63) is 34.1 Å².